The standard InChI is InChI=1S/C22H37N5O2S.HI/c1-4-23-21(27-17-18-30(28,29)22(2,3)19-27)24-11-8-12-25-13-15-26(16-14-25)20-9-6-5-7-10-20;/h5-7,9-10H,4,8,11-19H2,1-3H3,(H,23,24);1H. The van der Waals surface area contributed by atoms with Gasteiger partial charge in [0.05, 0.1) is 10.5 Å². The maximum Gasteiger partial charge on any atom is 0.193 e. The van der Waals surface area contributed by atoms with Gasteiger partial charge in [-0.05, 0) is 39.3 Å². The fourth-order valence-electron chi connectivity index (χ4n) is 4.10. The lowest BCUT2D eigenvalue weighted by Crippen LogP contribution is -2.57. The molecule has 31 heavy (non-hydrogen) atoms. The molecule has 0 aromatic heterocycles. The molecular formula is C22H38IN5O2S. The Balaban J connectivity index is 0.00000341. The molecule has 7 nitrogen and oxygen atoms in total. The molecule has 1 aromatic carbocycles. The summed E-state index contributed by atoms with van der Waals surface area (Å²) < 4.78 is 23.8. The average Bonchev–Trinajstić information content (AvgIpc) is 2.73. The number of benzene rings is 1. The van der Waals surface area contributed by atoms with Crippen molar-refractivity contribution in [1.82, 2.24) is 15.1 Å². The Labute approximate surface area is 205 Å². The van der Waals surface area contributed by atoms with Crippen LogP contribution in [0, 0.1) is 0 Å². The van der Waals surface area contributed by atoms with E-state index in [0.29, 0.717) is 13.1 Å². The predicted octanol–water partition coefficient (Wildman–Crippen LogP) is 2.29. The second-order valence-corrected chi connectivity index (χ2v) is 11.5. The molecule has 0 amide bonds. The smallest absolute Gasteiger partial charge is 0.193 e. The van der Waals surface area contributed by atoms with Gasteiger partial charge in [-0.15, -0.1) is 24.0 Å². The van der Waals surface area contributed by atoms with Gasteiger partial charge in [-0.1, -0.05) is 18.2 Å². The average molecular weight is 564 g/mol. The quantitative estimate of drug-likeness (QED) is 0.248. The fraction of sp³-hybridized carbons (Fsp3) is 0.682. The van der Waals surface area contributed by atoms with Crippen molar-refractivity contribution in [2.75, 3.05) is 69.6 Å². The zero-order valence-electron chi connectivity index (χ0n) is 19.1. The summed E-state index contributed by atoms with van der Waals surface area (Å²) in [7, 11) is -3.04. The summed E-state index contributed by atoms with van der Waals surface area (Å²) in [6.45, 7) is 13.5. The molecular weight excluding hydrogens is 525 g/mol. The van der Waals surface area contributed by atoms with Crippen LogP contribution in [0.2, 0.25) is 0 Å². The Hall–Kier alpha value is -1.07. The number of aliphatic imine (C=N–C) groups is 1. The summed E-state index contributed by atoms with van der Waals surface area (Å²) >= 11 is 0. The number of hydrogen-bond donors (Lipinski definition) is 1. The number of rotatable bonds is 6. The number of hydrogen-bond acceptors (Lipinski definition) is 5. The minimum absolute atomic E-state index is 0. The molecule has 1 N–H and O–H groups in total. The van der Waals surface area contributed by atoms with Crippen LogP contribution in [0.3, 0.4) is 0 Å². The minimum atomic E-state index is -3.04. The molecule has 176 valence electrons. The molecule has 2 heterocycles. The van der Waals surface area contributed by atoms with Crippen molar-refractivity contribution in [2.24, 2.45) is 4.99 Å². The van der Waals surface area contributed by atoms with E-state index in [1.165, 1.54) is 5.69 Å². The van der Waals surface area contributed by atoms with Crippen molar-refractivity contribution in [3.05, 3.63) is 30.3 Å². The Bertz CT molecular complexity index is 808. The lowest BCUT2D eigenvalue weighted by molar-refractivity contribution is 0.256. The molecule has 1 aromatic rings. The summed E-state index contributed by atoms with van der Waals surface area (Å²) in [6.07, 6.45) is 1.01. The van der Waals surface area contributed by atoms with Crippen LogP contribution in [0.15, 0.2) is 35.3 Å². The molecule has 0 spiro atoms. The maximum absolute atomic E-state index is 12.3. The van der Waals surface area contributed by atoms with Crippen LogP contribution in [-0.2, 0) is 9.84 Å². The minimum Gasteiger partial charge on any atom is -0.369 e. The Kier molecular flexibility index (Phi) is 9.88. The lowest BCUT2D eigenvalue weighted by Gasteiger charge is -2.39. The van der Waals surface area contributed by atoms with Crippen LogP contribution in [0.1, 0.15) is 27.2 Å². The summed E-state index contributed by atoms with van der Waals surface area (Å²) in [5.74, 6) is 1.03. The topological polar surface area (TPSA) is 68.2 Å². The van der Waals surface area contributed by atoms with Gasteiger partial charge in [0.2, 0.25) is 0 Å². The first-order chi connectivity index (χ1) is 14.3. The highest BCUT2D eigenvalue weighted by atomic mass is 127. The van der Waals surface area contributed by atoms with Crippen LogP contribution in [0.25, 0.3) is 0 Å². The van der Waals surface area contributed by atoms with E-state index in [2.05, 4.69) is 50.3 Å². The number of nitrogens with one attached hydrogen (secondary N) is 1. The van der Waals surface area contributed by atoms with Crippen molar-refractivity contribution in [3.63, 3.8) is 0 Å². The number of guanidine groups is 1. The van der Waals surface area contributed by atoms with Gasteiger partial charge in [-0.25, -0.2) is 8.42 Å². The highest BCUT2D eigenvalue weighted by molar-refractivity contribution is 14.0. The predicted molar refractivity (Wildman–Crippen MR) is 141 cm³/mol. The van der Waals surface area contributed by atoms with E-state index in [0.717, 1.165) is 58.2 Å². The van der Waals surface area contributed by atoms with Crippen molar-refractivity contribution >= 4 is 45.5 Å². The summed E-state index contributed by atoms with van der Waals surface area (Å²) in [5, 5.41) is 3.34. The summed E-state index contributed by atoms with van der Waals surface area (Å²) in [6, 6.07) is 10.6. The van der Waals surface area contributed by atoms with Crippen LogP contribution in [0.4, 0.5) is 5.69 Å². The number of sulfone groups is 1. The molecule has 0 saturated carbocycles. The molecule has 0 aliphatic carbocycles. The van der Waals surface area contributed by atoms with Gasteiger partial charge in [0.15, 0.2) is 15.8 Å². The van der Waals surface area contributed by atoms with Gasteiger partial charge in [0.25, 0.3) is 0 Å². The van der Waals surface area contributed by atoms with E-state index in [1.807, 2.05) is 20.8 Å². The lowest BCUT2D eigenvalue weighted by atomic mass is 10.2. The van der Waals surface area contributed by atoms with Crippen LogP contribution < -0.4 is 10.2 Å². The normalized spacial score (nSPS) is 21.5. The van der Waals surface area contributed by atoms with Gasteiger partial charge in [0, 0.05) is 64.6 Å². The highest BCUT2D eigenvalue weighted by Gasteiger charge is 2.40. The Morgan fingerprint density at radius 3 is 2.39 bits per heavy atom. The second-order valence-electron chi connectivity index (χ2n) is 8.75. The summed E-state index contributed by atoms with van der Waals surface area (Å²) in [4.78, 5) is 11.9. The van der Waals surface area contributed by atoms with Crippen molar-refractivity contribution < 1.29 is 8.42 Å². The Morgan fingerprint density at radius 1 is 1.10 bits per heavy atom. The highest BCUT2D eigenvalue weighted by Crippen LogP contribution is 2.23. The summed E-state index contributed by atoms with van der Waals surface area (Å²) in [5.41, 5.74) is 1.31. The van der Waals surface area contributed by atoms with E-state index < -0.39 is 14.6 Å². The molecule has 2 aliphatic rings. The third-order valence-electron chi connectivity index (χ3n) is 6.07. The number of nitrogens with zero attached hydrogens (tertiary/aromatic N) is 4. The third kappa shape index (κ3) is 6.95. The van der Waals surface area contributed by atoms with E-state index in [4.69, 9.17) is 4.99 Å². The maximum atomic E-state index is 12.3. The van der Waals surface area contributed by atoms with Gasteiger partial charge in [-0.3, -0.25) is 9.89 Å². The Morgan fingerprint density at radius 2 is 1.77 bits per heavy atom. The van der Waals surface area contributed by atoms with Crippen LogP contribution >= 0.6 is 24.0 Å². The largest absolute Gasteiger partial charge is 0.369 e. The molecule has 3 rings (SSSR count). The first-order valence-corrected chi connectivity index (χ1v) is 12.8. The zero-order valence-corrected chi connectivity index (χ0v) is 22.2. The van der Waals surface area contributed by atoms with Crippen molar-refractivity contribution in [3.8, 4) is 0 Å². The van der Waals surface area contributed by atoms with E-state index in [1.54, 1.807) is 0 Å². The first-order valence-electron chi connectivity index (χ1n) is 11.1. The molecule has 2 saturated heterocycles. The van der Waals surface area contributed by atoms with E-state index in [-0.39, 0.29) is 29.7 Å². The van der Waals surface area contributed by atoms with Crippen molar-refractivity contribution in [2.45, 2.75) is 31.9 Å². The number of anilines is 1. The van der Waals surface area contributed by atoms with Crippen LogP contribution in [0.5, 0.6) is 0 Å². The zero-order chi connectivity index (χ0) is 21.6. The number of para-hydroxylation sites is 1. The molecule has 2 fully saturated rings. The van der Waals surface area contributed by atoms with Gasteiger partial charge in [-0.2, -0.15) is 0 Å². The molecule has 2 aliphatic heterocycles. The van der Waals surface area contributed by atoms with Crippen LogP contribution in [-0.4, -0.2) is 93.6 Å². The van der Waals surface area contributed by atoms with Crippen molar-refractivity contribution in [1.29, 1.82) is 0 Å². The first kappa shape index (κ1) is 26.2. The van der Waals surface area contributed by atoms with Gasteiger partial charge >= 0.3 is 0 Å². The van der Waals surface area contributed by atoms with Gasteiger partial charge in [0.1, 0.15) is 0 Å². The molecule has 0 bridgehead atoms. The second kappa shape index (κ2) is 11.7. The number of halogens is 1. The van der Waals surface area contributed by atoms with E-state index >= 15 is 0 Å². The fourth-order valence-corrected chi connectivity index (χ4v) is 5.46. The van der Waals surface area contributed by atoms with Gasteiger partial charge < -0.3 is 15.1 Å². The monoisotopic (exact) mass is 563 g/mol. The SMILES string of the molecule is CCNC(=NCCCN1CCN(c2ccccc2)CC1)N1CCS(=O)(=O)C(C)(C)C1.I. The van der Waals surface area contributed by atoms with E-state index in [9.17, 15) is 8.42 Å². The molecule has 9 heteroatoms. The molecule has 0 unspecified atom stereocenters. The molecule has 0 atom stereocenters. The number of piperazine rings is 1. The third-order valence-corrected chi connectivity index (χ3v) is 8.60. The molecule has 0 radical (unpaired) electrons.